The molecule has 1 saturated carbocycles. The molecule has 2 N–H and O–H groups in total. The Hall–Kier alpha value is -0.0800. The summed E-state index contributed by atoms with van der Waals surface area (Å²) < 4.78 is 0. The Kier molecular flexibility index (Phi) is 6.26. The van der Waals surface area contributed by atoms with Gasteiger partial charge in [0.15, 0.2) is 0 Å². The maximum absolute atomic E-state index is 9.13. The van der Waals surface area contributed by atoms with Gasteiger partial charge in [-0.2, -0.15) is 0 Å². The fourth-order valence-electron chi connectivity index (χ4n) is 2.58. The fraction of sp³-hybridized carbons (Fsp3) is 1.00. The van der Waals surface area contributed by atoms with Gasteiger partial charge in [-0.15, -0.1) is 0 Å². The van der Waals surface area contributed by atoms with Crippen molar-refractivity contribution in [2.24, 2.45) is 11.8 Å². The Labute approximate surface area is 94.5 Å². The van der Waals surface area contributed by atoms with E-state index in [1.54, 1.807) is 0 Å². The molecule has 0 radical (unpaired) electrons. The minimum absolute atomic E-state index is 0.160. The first kappa shape index (κ1) is 13.0. The van der Waals surface area contributed by atoms with Crippen molar-refractivity contribution >= 4 is 0 Å². The average molecular weight is 213 g/mol. The van der Waals surface area contributed by atoms with Gasteiger partial charge in [-0.05, 0) is 51.1 Å². The van der Waals surface area contributed by atoms with E-state index >= 15 is 0 Å². The van der Waals surface area contributed by atoms with E-state index in [1.165, 1.54) is 32.1 Å². The summed E-state index contributed by atoms with van der Waals surface area (Å²) in [6, 6.07) is 0. The van der Waals surface area contributed by atoms with Crippen LogP contribution in [0, 0.1) is 11.8 Å². The van der Waals surface area contributed by atoms with Crippen molar-refractivity contribution in [1.82, 2.24) is 5.32 Å². The topological polar surface area (TPSA) is 32.3 Å². The zero-order chi connectivity index (χ0) is 11.1. The molecule has 0 aromatic heterocycles. The van der Waals surface area contributed by atoms with E-state index in [2.05, 4.69) is 12.2 Å². The summed E-state index contributed by atoms with van der Waals surface area (Å²) in [6.07, 6.45) is 7.75. The summed E-state index contributed by atoms with van der Waals surface area (Å²) in [7, 11) is 0. The smallest absolute Gasteiger partial charge is 0.0524 e. The standard InChI is InChI=1S/C13H27NO/c1-3-12-5-4-6-13(9-12)10-14-8-7-11(2)15/h11-15H,3-10H2,1-2H3. The number of aliphatic hydroxyl groups excluding tert-OH is 1. The molecule has 1 rings (SSSR count). The van der Waals surface area contributed by atoms with E-state index in [4.69, 9.17) is 5.11 Å². The largest absolute Gasteiger partial charge is 0.393 e. The molecule has 0 aromatic rings. The SMILES string of the molecule is CCC1CCCC(CNCCC(C)O)C1. The Morgan fingerprint density at radius 3 is 2.73 bits per heavy atom. The van der Waals surface area contributed by atoms with E-state index in [0.717, 1.165) is 31.3 Å². The maximum atomic E-state index is 9.13. The monoisotopic (exact) mass is 213 g/mol. The predicted octanol–water partition coefficient (Wildman–Crippen LogP) is 2.56. The van der Waals surface area contributed by atoms with Crippen LogP contribution in [0.4, 0.5) is 0 Å². The molecule has 15 heavy (non-hydrogen) atoms. The van der Waals surface area contributed by atoms with E-state index < -0.39 is 0 Å². The van der Waals surface area contributed by atoms with E-state index in [-0.39, 0.29) is 6.10 Å². The third-order valence-corrected chi connectivity index (χ3v) is 3.64. The average Bonchev–Trinajstić information content (AvgIpc) is 2.24. The van der Waals surface area contributed by atoms with Gasteiger partial charge in [0.05, 0.1) is 6.10 Å². The normalized spacial score (nSPS) is 29.0. The van der Waals surface area contributed by atoms with Gasteiger partial charge in [-0.3, -0.25) is 0 Å². The number of hydrogen-bond acceptors (Lipinski definition) is 2. The molecule has 2 heteroatoms. The molecule has 2 nitrogen and oxygen atoms in total. The van der Waals surface area contributed by atoms with Gasteiger partial charge in [-0.25, -0.2) is 0 Å². The molecule has 0 heterocycles. The van der Waals surface area contributed by atoms with Crippen LogP contribution in [0.1, 0.15) is 52.4 Å². The highest BCUT2D eigenvalue weighted by molar-refractivity contribution is 4.74. The van der Waals surface area contributed by atoms with Crippen molar-refractivity contribution in [1.29, 1.82) is 0 Å². The molecule has 1 aliphatic carbocycles. The van der Waals surface area contributed by atoms with Gasteiger partial charge in [-0.1, -0.05) is 26.2 Å². The van der Waals surface area contributed by atoms with Crippen LogP contribution in [0.15, 0.2) is 0 Å². The third kappa shape index (κ3) is 5.53. The van der Waals surface area contributed by atoms with Gasteiger partial charge in [0.1, 0.15) is 0 Å². The lowest BCUT2D eigenvalue weighted by molar-refractivity contribution is 0.181. The molecule has 3 atom stereocenters. The molecule has 0 amide bonds. The van der Waals surface area contributed by atoms with Gasteiger partial charge in [0.2, 0.25) is 0 Å². The molecule has 0 spiro atoms. The molecular formula is C13H27NO. The first-order chi connectivity index (χ1) is 7.22. The number of aliphatic hydroxyl groups is 1. The minimum atomic E-state index is -0.160. The lowest BCUT2D eigenvalue weighted by Gasteiger charge is -2.28. The highest BCUT2D eigenvalue weighted by atomic mass is 16.3. The van der Waals surface area contributed by atoms with Crippen molar-refractivity contribution in [3.8, 4) is 0 Å². The van der Waals surface area contributed by atoms with Crippen LogP contribution >= 0.6 is 0 Å². The Morgan fingerprint density at radius 2 is 2.07 bits per heavy atom. The number of rotatable bonds is 6. The van der Waals surface area contributed by atoms with Crippen LogP contribution < -0.4 is 5.32 Å². The lowest BCUT2D eigenvalue weighted by Crippen LogP contribution is -2.29. The second-order valence-electron chi connectivity index (χ2n) is 5.15. The lowest BCUT2D eigenvalue weighted by atomic mass is 9.80. The Morgan fingerprint density at radius 1 is 1.33 bits per heavy atom. The molecule has 1 aliphatic rings. The predicted molar refractivity (Wildman–Crippen MR) is 64.9 cm³/mol. The van der Waals surface area contributed by atoms with Gasteiger partial charge >= 0.3 is 0 Å². The molecule has 1 fully saturated rings. The van der Waals surface area contributed by atoms with Crippen LogP contribution in [0.5, 0.6) is 0 Å². The number of nitrogens with one attached hydrogen (secondary N) is 1. The number of hydrogen-bond donors (Lipinski definition) is 2. The van der Waals surface area contributed by atoms with Crippen LogP contribution in [-0.2, 0) is 0 Å². The second-order valence-corrected chi connectivity index (χ2v) is 5.15. The van der Waals surface area contributed by atoms with Gasteiger partial charge in [0.25, 0.3) is 0 Å². The quantitative estimate of drug-likeness (QED) is 0.665. The van der Waals surface area contributed by atoms with E-state index in [1.807, 2.05) is 6.92 Å². The Balaban J connectivity index is 2.05. The Bertz CT molecular complexity index is 159. The van der Waals surface area contributed by atoms with E-state index in [0.29, 0.717) is 0 Å². The summed E-state index contributed by atoms with van der Waals surface area (Å²) in [5.74, 6) is 1.86. The molecule has 0 bridgehead atoms. The van der Waals surface area contributed by atoms with Gasteiger partial charge < -0.3 is 10.4 Å². The van der Waals surface area contributed by atoms with Crippen molar-refractivity contribution in [3.05, 3.63) is 0 Å². The van der Waals surface area contributed by atoms with Crippen LogP contribution in [0.2, 0.25) is 0 Å². The highest BCUT2D eigenvalue weighted by Crippen LogP contribution is 2.30. The van der Waals surface area contributed by atoms with Crippen molar-refractivity contribution in [3.63, 3.8) is 0 Å². The van der Waals surface area contributed by atoms with Crippen LogP contribution in [0.3, 0.4) is 0 Å². The van der Waals surface area contributed by atoms with Crippen molar-refractivity contribution < 1.29 is 5.11 Å². The zero-order valence-electron chi connectivity index (χ0n) is 10.3. The fourth-order valence-corrected chi connectivity index (χ4v) is 2.58. The summed E-state index contributed by atoms with van der Waals surface area (Å²) in [4.78, 5) is 0. The first-order valence-corrected chi connectivity index (χ1v) is 6.61. The van der Waals surface area contributed by atoms with Crippen LogP contribution in [-0.4, -0.2) is 24.3 Å². The molecule has 3 unspecified atom stereocenters. The first-order valence-electron chi connectivity index (χ1n) is 6.61. The maximum Gasteiger partial charge on any atom is 0.0524 e. The zero-order valence-corrected chi connectivity index (χ0v) is 10.3. The summed E-state index contributed by atoms with van der Waals surface area (Å²) in [6.45, 7) is 6.29. The summed E-state index contributed by atoms with van der Waals surface area (Å²) in [5.41, 5.74) is 0. The summed E-state index contributed by atoms with van der Waals surface area (Å²) >= 11 is 0. The second kappa shape index (κ2) is 7.24. The van der Waals surface area contributed by atoms with Crippen molar-refractivity contribution in [2.75, 3.05) is 13.1 Å². The molecule has 90 valence electrons. The third-order valence-electron chi connectivity index (χ3n) is 3.64. The van der Waals surface area contributed by atoms with Crippen molar-refractivity contribution in [2.45, 2.75) is 58.5 Å². The molecular weight excluding hydrogens is 186 g/mol. The van der Waals surface area contributed by atoms with Gasteiger partial charge in [0, 0.05) is 0 Å². The molecule has 0 saturated heterocycles. The summed E-state index contributed by atoms with van der Waals surface area (Å²) in [5, 5.41) is 12.6. The molecule has 0 aliphatic heterocycles. The molecule has 0 aromatic carbocycles. The van der Waals surface area contributed by atoms with Crippen LogP contribution in [0.25, 0.3) is 0 Å². The highest BCUT2D eigenvalue weighted by Gasteiger charge is 2.19. The minimum Gasteiger partial charge on any atom is -0.393 e. The van der Waals surface area contributed by atoms with E-state index in [9.17, 15) is 0 Å².